The number of rotatable bonds is 0. The molecule has 0 fully saturated rings. The number of carboxylic acids is 1. The van der Waals surface area contributed by atoms with Crippen molar-refractivity contribution in [3.05, 3.63) is 45.8 Å². The summed E-state index contributed by atoms with van der Waals surface area (Å²) in [5, 5.41) is 18.7. The van der Waals surface area contributed by atoms with Gasteiger partial charge in [0.2, 0.25) is 0 Å². The SMILES string of the molecule is O=C(O)C(F)(F)F.OC1=CC=c2ncc3c(c2C1)C=CC=3. The highest BCUT2D eigenvalue weighted by Crippen LogP contribution is 2.13. The molecule has 1 aromatic heterocycles. The third kappa shape index (κ3) is 3.31. The number of aromatic nitrogens is 1. The largest absolute Gasteiger partial charge is 0.512 e. The van der Waals surface area contributed by atoms with Crippen LogP contribution in [0.25, 0.3) is 18.2 Å². The normalized spacial score (nSPS) is 14.7. The van der Waals surface area contributed by atoms with Crippen LogP contribution in [0.5, 0.6) is 0 Å². The van der Waals surface area contributed by atoms with Gasteiger partial charge in [0, 0.05) is 17.8 Å². The Morgan fingerprint density at radius 3 is 2.52 bits per heavy atom. The summed E-state index contributed by atoms with van der Waals surface area (Å²) < 4.78 is 31.7. The summed E-state index contributed by atoms with van der Waals surface area (Å²) in [6.07, 6.45) is 7.09. The predicted octanol–water partition coefficient (Wildman–Crippen LogP) is 1.30. The van der Waals surface area contributed by atoms with Crippen molar-refractivity contribution in [3.63, 3.8) is 0 Å². The van der Waals surface area contributed by atoms with E-state index in [0.717, 1.165) is 16.1 Å². The van der Waals surface area contributed by atoms with E-state index in [1.807, 2.05) is 24.4 Å². The number of halogens is 3. The molecule has 0 unspecified atom stereocenters. The lowest BCUT2D eigenvalue weighted by Gasteiger charge is -2.09. The van der Waals surface area contributed by atoms with Crippen LogP contribution in [0.2, 0.25) is 0 Å². The number of allylic oxidation sites excluding steroid dienone is 3. The number of aliphatic hydroxyl groups excluding tert-OH is 1. The van der Waals surface area contributed by atoms with Crippen molar-refractivity contribution in [1.82, 2.24) is 4.98 Å². The number of hydrogen-bond acceptors (Lipinski definition) is 3. The van der Waals surface area contributed by atoms with Crippen LogP contribution in [0.3, 0.4) is 0 Å². The molecule has 1 heterocycles. The topological polar surface area (TPSA) is 70.4 Å². The highest BCUT2D eigenvalue weighted by Gasteiger charge is 2.38. The fraction of sp³-hybridized carbons (Fsp3) is 0.143. The predicted molar refractivity (Wildman–Crippen MR) is 69.6 cm³/mol. The summed E-state index contributed by atoms with van der Waals surface area (Å²) in [5.74, 6) is -2.35. The lowest BCUT2D eigenvalue weighted by atomic mass is 10.0. The first-order valence-electron chi connectivity index (χ1n) is 5.85. The zero-order chi connectivity index (χ0) is 15.6. The van der Waals surface area contributed by atoms with E-state index in [4.69, 9.17) is 9.90 Å². The standard InChI is InChI=1S/C12H9NO.C2HF3O2/c14-9-4-5-12-11(6-9)10-3-1-2-8(10)7-13-12;3-2(4,5)1(6)7/h1-5,7,14H,6H2;(H,6,7). The first-order chi connectivity index (χ1) is 9.79. The van der Waals surface area contributed by atoms with Crippen molar-refractivity contribution in [2.45, 2.75) is 12.6 Å². The second-order valence-electron chi connectivity index (χ2n) is 4.32. The Kier molecular flexibility index (Phi) is 3.84. The molecule has 0 amide bonds. The molecule has 2 N–H and O–H groups in total. The van der Waals surface area contributed by atoms with Gasteiger partial charge in [-0.15, -0.1) is 0 Å². The van der Waals surface area contributed by atoms with Crippen LogP contribution in [0.15, 0.2) is 24.1 Å². The molecule has 0 saturated carbocycles. The molecule has 3 rings (SSSR count). The Labute approximate surface area is 116 Å². The number of pyridine rings is 1. The summed E-state index contributed by atoms with van der Waals surface area (Å²) in [5.41, 5.74) is 2.33. The quantitative estimate of drug-likeness (QED) is 0.757. The first kappa shape index (κ1) is 14.8. The number of carbonyl (C=O) groups is 1. The lowest BCUT2D eigenvalue weighted by Crippen LogP contribution is -2.24. The second-order valence-corrected chi connectivity index (χ2v) is 4.32. The van der Waals surface area contributed by atoms with Crippen molar-refractivity contribution < 1.29 is 28.2 Å². The Morgan fingerprint density at radius 1 is 1.24 bits per heavy atom. The van der Waals surface area contributed by atoms with Gasteiger partial charge < -0.3 is 10.2 Å². The van der Waals surface area contributed by atoms with Crippen LogP contribution in [-0.2, 0) is 11.2 Å². The van der Waals surface area contributed by atoms with Gasteiger partial charge >= 0.3 is 12.1 Å². The number of carboxylic acid groups (broad SMARTS) is 1. The van der Waals surface area contributed by atoms with Crippen LogP contribution in [-0.4, -0.2) is 27.3 Å². The number of fused-ring (bicyclic) bond motifs is 3. The van der Waals surface area contributed by atoms with Crippen LogP contribution in [0, 0.1) is 0 Å². The van der Waals surface area contributed by atoms with Crippen molar-refractivity contribution >= 4 is 24.2 Å². The molecule has 0 aromatic carbocycles. The molecule has 2 aliphatic rings. The lowest BCUT2D eigenvalue weighted by molar-refractivity contribution is -0.192. The maximum atomic E-state index is 10.6. The molecule has 0 aliphatic heterocycles. The van der Waals surface area contributed by atoms with Gasteiger partial charge in [0.1, 0.15) is 0 Å². The van der Waals surface area contributed by atoms with Gasteiger partial charge in [-0.25, -0.2) is 4.79 Å². The number of aliphatic carboxylic acids is 1. The average molecular weight is 297 g/mol. The fourth-order valence-corrected chi connectivity index (χ4v) is 1.92. The Morgan fingerprint density at radius 2 is 1.90 bits per heavy atom. The van der Waals surface area contributed by atoms with Gasteiger partial charge in [0.05, 0.1) is 11.1 Å². The van der Waals surface area contributed by atoms with Gasteiger partial charge in [-0.05, 0) is 23.3 Å². The molecular formula is C14H10F3NO3. The van der Waals surface area contributed by atoms with E-state index >= 15 is 0 Å². The molecule has 0 bridgehead atoms. The molecule has 0 spiro atoms. The van der Waals surface area contributed by atoms with Crippen molar-refractivity contribution in [2.24, 2.45) is 0 Å². The minimum atomic E-state index is -5.08. The van der Waals surface area contributed by atoms with Crippen LogP contribution in [0.4, 0.5) is 13.2 Å². The summed E-state index contributed by atoms with van der Waals surface area (Å²) in [7, 11) is 0. The molecular weight excluding hydrogens is 287 g/mol. The van der Waals surface area contributed by atoms with E-state index < -0.39 is 12.1 Å². The van der Waals surface area contributed by atoms with Gasteiger partial charge in [-0.2, -0.15) is 13.2 Å². The van der Waals surface area contributed by atoms with Crippen LogP contribution in [0.1, 0.15) is 11.1 Å². The van der Waals surface area contributed by atoms with E-state index in [1.165, 1.54) is 5.56 Å². The highest BCUT2D eigenvalue weighted by atomic mass is 19.4. The van der Waals surface area contributed by atoms with Gasteiger partial charge in [0.15, 0.2) is 0 Å². The van der Waals surface area contributed by atoms with Crippen molar-refractivity contribution in [3.8, 4) is 0 Å². The van der Waals surface area contributed by atoms with Crippen molar-refractivity contribution in [2.75, 3.05) is 0 Å². The first-order valence-corrected chi connectivity index (χ1v) is 5.85. The minimum Gasteiger partial charge on any atom is -0.512 e. The van der Waals surface area contributed by atoms with E-state index in [1.54, 1.807) is 6.08 Å². The summed E-state index contributed by atoms with van der Waals surface area (Å²) >= 11 is 0. The van der Waals surface area contributed by atoms with Gasteiger partial charge in [-0.3, -0.25) is 4.98 Å². The maximum absolute atomic E-state index is 10.6. The minimum absolute atomic E-state index is 0.410. The Balaban J connectivity index is 0.000000199. The van der Waals surface area contributed by atoms with E-state index in [0.29, 0.717) is 12.2 Å². The highest BCUT2D eigenvalue weighted by molar-refractivity contribution is 5.73. The summed E-state index contributed by atoms with van der Waals surface area (Å²) in [4.78, 5) is 13.2. The number of nitrogens with zero attached hydrogens (tertiary/aromatic N) is 1. The van der Waals surface area contributed by atoms with E-state index in [-0.39, 0.29) is 0 Å². The van der Waals surface area contributed by atoms with Crippen molar-refractivity contribution in [1.29, 1.82) is 0 Å². The third-order valence-corrected chi connectivity index (χ3v) is 2.86. The fourth-order valence-electron chi connectivity index (χ4n) is 1.92. The Bertz CT molecular complexity index is 761. The maximum Gasteiger partial charge on any atom is 0.490 e. The Hall–Kier alpha value is -2.57. The second kappa shape index (κ2) is 5.43. The molecule has 7 heteroatoms. The number of alkyl halides is 3. The smallest absolute Gasteiger partial charge is 0.490 e. The van der Waals surface area contributed by atoms with Gasteiger partial charge in [0.25, 0.3) is 0 Å². The summed E-state index contributed by atoms with van der Waals surface area (Å²) in [6, 6.07) is 0. The molecule has 1 aromatic rings. The van der Waals surface area contributed by atoms with E-state index in [2.05, 4.69) is 11.1 Å². The number of hydrogen-bond donors (Lipinski definition) is 2. The molecule has 21 heavy (non-hydrogen) atoms. The molecule has 4 nitrogen and oxygen atoms in total. The molecule has 110 valence electrons. The average Bonchev–Trinajstić information content (AvgIpc) is 2.87. The summed E-state index contributed by atoms with van der Waals surface area (Å²) in [6.45, 7) is 0. The van der Waals surface area contributed by atoms with E-state index in [9.17, 15) is 18.3 Å². The zero-order valence-electron chi connectivity index (χ0n) is 10.6. The molecule has 0 radical (unpaired) electrons. The van der Waals surface area contributed by atoms with Crippen LogP contribution < -0.4 is 10.6 Å². The monoisotopic (exact) mass is 297 g/mol. The van der Waals surface area contributed by atoms with Crippen LogP contribution >= 0.6 is 0 Å². The third-order valence-electron chi connectivity index (χ3n) is 2.86. The zero-order valence-corrected chi connectivity index (χ0v) is 10.6. The number of aliphatic hydroxyl groups is 1. The molecule has 2 aliphatic carbocycles. The van der Waals surface area contributed by atoms with Gasteiger partial charge in [-0.1, -0.05) is 18.2 Å². The molecule has 0 saturated heterocycles. The molecule has 0 atom stereocenters.